The van der Waals surface area contributed by atoms with Crippen LogP contribution in [0.4, 0.5) is 0 Å². The van der Waals surface area contributed by atoms with Gasteiger partial charge in [0, 0.05) is 12.3 Å². The second-order valence-corrected chi connectivity index (χ2v) is 28.2. The van der Waals surface area contributed by atoms with Crippen molar-refractivity contribution in [2.45, 2.75) is 180 Å². The minimum Gasteiger partial charge on any atom is -0.414 e. The molecule has 0 N–H and O–H groups in total. The molecule has 232 valence electrons. The molecule has 0 amide bonds. The number of hydrogen-bond donors (Lipinski definition) is 0. The lowest BCUT2D eigenvalue weighted by atomic mass is 9.87. The average Bonchev–Trinajstić information content (AvgIpc) is 2.91. The molecule has 0 radical (unpaired) electrons. The smallest absolute Gasteiger partial charge is 0.200 e. The Morgan fingerprint density at radius 2 is 1.26 bits per heavy atom. The number of rotatable bonds is 19. The van der Waals surface area contributed by atoms with Crippen LogP contribution in [0.1, 0.15) is 103 Å². The van der Waals surface area contributed by atoms with Crippen molar-refractivity contribution in [2.24, 2.45) is 5.92 Å². The first-order valence-electron chi connectivity index (χ1n) is 16.6. The van der Waals surface area contributed by atoms with Crippen molar-refractivity contribution in [3.05, 3.63) is 12.7 Å². The monoisotopic (exact) mass is 600 g/mol. The maximum atomic E-state index is 7.50. The zero-order valence-electron chi connectivity index (χ0n) is 28.4. The number of ether oxygens (including phenoxy) is 1. The van der Waals surface area contributed by atoms with E-state index in [0.717, 1.165) is 49.1 Å². The fourth-order valence-corrected chi connectivity index (χ4v) is 18.6. The maximum absolute atomic E-state index is 7.50. The highest BCUT2D eigenvalue weighted by atomic mass is 28.4. The molecule has 0 bridgehead atoms. The van der Waals surface area contributed by atoms with Gasteiger partial charge in [0.05, 0.1) is 31.0 Å². The first-order chi connectivity index (χ1) is 18.3. The highest BCUT2D eigenvalue weighted by molar-refractivity contribution is 6.77. The SMILES string of the molecule is C=CC[C@H]1O[C@@H]([C@H](CO[Si](CC)(CC)CC)O[Si](CC)(CC)CC)C[C@H](O[Si](C(C)C)(C(C)C)C(C)C)[C@H]1C. The second-order valence-electron chi connectivity index (χ2n) is 13.3. The first kappa shape index (κ1) is 37.3. The van der Waals surface area contributed by atoms with Crippen molar-refractivity contribution in [1.29, 1.82) is 0 Å². The van der Waals surface area contributed by atoms with Crippen molar-refractivity contribution in [3.63, 3.8) is 0 Å². The Morgan fingerprint density at radius 3 is 1.64 bits per heavy atom. The average molecular weight is 601 g/mol. The molecule has 1 saturated heterocycles. The van der Waals surface area contributed by atoms with Gasteiger partial charge in [0.15, 0.2) is 16.6 Å². The van der Waals surface area contributed by atoms with Crippen LogP contribution in [0.25, 0.3) is 0 Å². The molecule has 1 aliphatic rings. The van der Waals surface area contributed by atoms with E-state index >= 15 is 0 Å². The zero-order valence-corrected chi connectivity index (χ0v) is 31.4. The molecule has 1 fully saturated rings. The van der Waals surface area contributed by atoms with E-state index in [2.05, 4.69) is 96.6 Å². The van der Waals surface area contributed by atoms with E-state index in [1.165, 1.54) is 0 Å². The summed E-state index contributed by atoms with van der Waals surface area (Å²) in [5.41, 5.74) is 1.68. The molecule has 1 rings (SSSR count). The van der Waals surface area contributed by atoms with Crippen LogP contribution in [-0.2, 0) is 18.0 Å². The van der Waals surface area contributed by atoms with E-state index in [0.29, 0.717) is 29.1 Å². The molecule has 39 heavy (non-hydrogen) atoms. The molecule has 5 atom stereocenters. The van der Waals surface area contributed by atoms with E-state index in [-0.39, 0.29) is 24.4 Å². The molecule has 7 heteroatoms. The standard InChI is InChI=1S/C32H68O4Si3/c1-15-22-29-28(14)30(36-39(25(8)9,26(10)11)27(12)13)23-31(34-29)32(35-38(19-5,20-6)21-7)24-33-37(16-2,17-3)18-4/h15,25-32H,1,16-24H2,2-14H3/t28-,29+,30-,31+,32-/m0/s1. The largest absolute Gasteiger partial charge is 0.414 e. The highest BCUT2D eigenvalue weighted by Gasteiger charge is 2.50. The third-order valence-corrected chi connectivity index (χ3v) is 26.1. The third-order valence-electron chi connectivity index (χ3n) is 10.7. The van der Waals surface area contributed by atoms with Crippen LogP contribution in [-0.4, -0.2) is 56.0 Å². The Bertz CT molecular complexity index is 653. The van der Waals surface area contributed by atoms with Gasteiger partial charge in [-0.1, -0.05) is 96.1 Å². The molecule has 0 aromatic carbocycles. The summed E-state index contributed by atoms with van der Waals surface area (Å²) in [4.78, 5) is 0. The fourth-order valence-electron chi connectivity index (χ4n) is 7.44. The maximum Gasteiger partial charge on any atom is 0.200 e. The van der Waals surface area contributed by atoms with Crippen molar-refractivity contribution in [3.8, 4) is 0 Å². The van der Waals surface area contributed by atoms with Crippen LogP contribution >= 0.6 is 0 Å². The lowest BCUT2D eigenvalue weighted by Gasteiger charge is -2.51. The van der Waals surface area contributed by atoms with Crippen molar-refractivity contribution >= 4 is 25.0 Å². The van der Waals surface area contributed by atoms with Gasteiger partial charge in [-0.05, 0) is 59.3 Å². The fraction of sp³-hybridized carbons (Fsp3) is 0.938. The van der Waals surface area contributed by atoms with Gasteiger partial charge in [0.1, 0.15) is 0 Å². The normalized spacial score (nSPS) is 24.1. The quantitative estimate of drug-likeness (QED) is 0.109. The molecule has 0 aliphatic carbocycles. The Labute approximate surface area is 247 Å². The van der Waals surface area contributed by atoms with E-state index in [1.54, 1.807) is 0 Å². The summed E-state index contributed by atoms with van der Waals surface area (Å²) in [6.45, 7) is 35.4. The third kappa shape index (κ3) is 8.87. The highest BCUT2D eigenvalue weighted by Crippen LogP contribution is 2.46. The predicted octanol–water partition coefficient (Wildman–Crippen LogP) is 10.3. The minimum absolute atomic E-state index is 0.0110. The lowest BCUT2D eigenvalue weighted by Crippen LogP contribution is -2.58. The van der Waals surface area contributed by atoms with Crippen LogP contribution in [0.2, 0.25) is 52.9 Å². The molecule has 0 spiro atoms. The minimum atomic E-state index is -2.04. The van der Waals surface area contributed by atoms with Gasteiger partial charge in [0.2, 0.25) is 8.32 Å². The Kier molecular flexibility index (Phi) is 16.0. The van der Waals surface area contributed by atoms with Crippen LogP contribution < -0.4 is 0 Å². The lowest BCUT2D eigenvalue weighted by molar-refractivity contribution is -0.161. The van der Waals surface area contributed by atoms with E-state index in [9.17, 15) is 0 Å². The van der Waals surface area contributed by atoms with Gasteiger partial charge >= 0.3 is 0 Å². The molecule has 4 nitrogen and oxygen atoms in total. The van der Waals surface area contributed by atoms with Crippen LogP contribution in [0.15, 0.2) is 12.7 Å². The summed E-state index contributed by atoms with van der Waals surface area (Å²) in [6, 6.07) is 6.88. The van der Waals surface area contributed by atoms with E-state index < -0.39 is 25.0 Å². The molecule has 1 aliphatic heterocycles. The molecule has 1 heterocycles. The summed E-state index contributed by atoms with van der Waals surface area (Å²) in [7, 11) is -5.67. The molecular formula is C32H68O4Si3. The Balaban J connectivity index is 3.51. The van der Waals surface area contributed by atoms with Crippen LogP contribution in [0.3, 0.4) is 0 Å². The Hall–Kier alpha value is 0.231. The predicted molar refractivity (Wildman–Crippen MR) is 178 cm³/mol. The van der Waals surface area contributed by atoms with Crippen molar-refractivity contribution in [1.82, 2.24) is 0 Å². The van der Waals surface area contributed by atoms with Gasteiger partial charge in [-0.2, -0.15) is 0 Å². The molecule has 0 unspecified atom stereocenters. The number of hydrogen-bond acceptors (Lipinski definition) is 4. The van der Waals surface area contributed by atoms with E-state index in [4.69, 9.17) is 18.0 Å². The Morgan fingerprint density at radius 1 is 0.795 bits per heavy atom. The van der Waals surface area contributed by atoms with Crippen molar-refractivity contribution in [2.75, 3.05) is 6.61 Å². The molecular weight excluding hydrogens is 533 g/mol. The summed E-state index contributed by atoms with van der Waals surface area (Å²) >= 11 is 0. The second kappa shape index (κ2) is 16.8. The summed E-state index contributed by atoms with van der Waals surface area (Å²) in [5.74, 6) is 0.324. The van der Waals surface area contributed by atoms with Gasteiger partial charge in [0.25, 0.3) is 0 Å². The summed E-state index contributed by atoms with van der Waals surface area (Å²) in [5, 5.41) is 0. The van der Waals surface area contributed by atoms with Crippen LogP contribution in [0.5, 0.6) is 0 Å². The van der Waals surface area contributed by atoms with Crippen LogP contribution in [0, 0.1) is 5.92 Å². The van der Waals surface area contributed by atoms with Gasteiger partial charge < -0.3 is 18.0 Å². The van der Waals surface area contributed by atoms with Crippen molar-refractivity contribution < 1.29 is 18.0 Å². The van der Waals surface area contributed by atoms with Gasteiger partial charge in [-0.15, -0.1) is 6.58 Å². The van der Waals surface area contributed by atoms with Gasteiger partial charge in [-0.3, -0.25) is 0 Å². The molecule has 0 aromatic rings. The summed E-state index contributed by atoms with van der Waals surface area (Å²) < 4.78 is 28.7. The molecule has 0 saturated carbocycles. The van der Waals surface area contributed by atoms with E-state index in [1.807, 2.05) is 6.08 Å². The molecule has 0 aromatic heterocycles. The summed E-state index contributed by atoms with van der Waals surface area (Å²) in [6.07, 6.45) is 3.99. The van der Waals surface area contributed by atoms with Gasteiger partial charge in [-0.25, -0.2) is 0 Å². The topological polar surface area (TPSA) is 36.9 Å². The first-order valence-corrected chi connectivity index (χ1v) is 23.8. The zero-order chi connectivity index (χ0) is 30.0.